The topological polar surface area (TPSA) is 57.2 Å². The maximum Gasteiger partial charge on any atom is 0.310 e. The fraction of sp³-hybridized carbons (Fsp3) is 0.524. The molecule has 1 unspecified atom stereocenters. The Balaban J connectivity index is 0.00000280. The summed E-state index contributed by atoms with van der Waals surface area (Å²) < 4.78 is 5.20. The second-order valence-electron chi connectivity index (χ2n) is 6.98. The molecular weight excluding hydrogens is 467 g/mol. The van der Waals surface area contributed by atoms with Gasteiger partial charge in [0.1, 0.15) is 0 Å². The largest absolute Gasteiger partial charge is 0.466 e. The number of hydrogen-bond donors (Lipinski definition) is 1. The summed E-state index contributed by atoms with van der Waals surface area (Å²) in [5, 5.41) is 3.45. The number of anilines is 1. The minimum Gasteiger partial charge on any atom is -0.466 e. The van der Waals surface area contributed by atoms with Crippen LogP contribution in [0.15, 0.2) is 41.4 Å². The molecule has 0 amide bonds. The highest BCUT2D eigenvalue weighted by Crippen LogP contribution is 2.20. The van der Waals surface area contributed by atoms with Crippen molar-refractivity contribution in [1.29, 1.82) is 0 Å². The number of rotatable bonds is 5. The first-order valence-corrected chi connectivity index (χ1v) is 9.82. The zero-order valence-electron chi connectivity index (χ0n) is 16.8. The third-order valence-corrected chi connectivity index (χ3v) is 5.10. The number of halogens is 1. The van der Waals surface area contributed by atoms with E-state index in [9.17, 15) is 4.79 Å². The number of carbonyl (C=O) groups excluding carboxylic acids is 1. The molecule has 1 fully saturated rings. The lowest BCUT2D eigenvalue weighted by Crippen LogP contribution is -2.48. The molecular formula is C21H31IN4O2. The molecule has 6 nitrogen and oxygen atoms in total. The van der Waals surface area contributed by atoms with Crippen LogP contribution in [0.2, 0.25) is 0 Å². The fourth-order valence-electron chi connectivity index (χ4n) is 3.69. The van der Waals surface area contributed by atoms with Gasteiger partial charge in [0.25, 0.3) is 0 Å². The lowest BCUT2D eigenvalue weighted by molar-refractivity contribution is -0.149. The van der Waals surface area contributed by atoms with Crippen LogP contribution >= 0.6 is 24.0 Å². The smallest absolute Gasteiger partial charge is 0.310 e. The van der Waals surface area contributed by atoms with E-state index in [2.05, 4.69) is 56.5 Å². The van der Waals surface area contributed by atoms with Crippen molar-refractivity contribution in [3.8, 4) is 0 Å². The number of nitrogens with one attached hydrogen (secondary N) is 1. The third kappa shape index (κ3) is 5.86. The lowest BCUT2D eigenvalue weighted by Gasteiger charge is -2.34. The van der Waals surface area contributed by atoms with E-state index >= 15 is 0 Å². The van der Waals surface area contributed by atoms with Gasteiger partial charge < -0.3 is 19.9 Å². The molecule has 2 heterocycles. The van der Waals surface area contributed by atoms with Gasteiger partial charge in [-0.3, -0.25) is 9.79 Å². The summed E-state index contributed by atoms with van der Waals surface area (Å²) in [6, 6.07) is 8.61. The second-order valence-corrected chi connectivity index (χ2v) is 6.98. The molecule has 2 aliphatic rings. The number of benzene rings is 1. The van der Waals surface area contributed by atoms with Crippen molar-refractivity contribution < 1.29 is 9.53 Å². The van der Waals surface area contributed by atoms with Crippen LogP contribution in [0.1, 0.15) is 25.3 Å². The predicted octanol–water partition coefficient (Wildman–Crippen LogP) is 3.03. The monoisotopic (exact) mass is 498 g/mol. The van der Waals surface area contributed by atoms with E-state index < -0.39 is 0 Å². The number of nitrogens with zero attached hydrogens (tertiary/aromatic N) is 3. The quantitative estimate of drug-likeness (QED) is 0.223. The van der Waals surface area contributed by atoms with E-state index in [0.717, 1.165) is 38.4 Å². The molecule has 1 atom stereocenters. The molecule has 0 aliphatic carbocycles. The number of guanidine groups is 1. The Kier molecular flexibility index (Phi) is 9.08. The summed E-state index contributed by atoms with van der Waals surface area (Å²) in [4.78, 5) is 21.0. The van der Waals surface area contributed by atoms with Gasteiger partial charge in [-0.15, -0.1) is 24.0 Å². The molecule has 0 spiro atoms. The van der Waals surface area contributed by atoms with Crippen molar-refractivity contribution in [2.45, 2.75) is 26.3 Å². The summed E-state index contributed by atoms with van der Waals surface area (Å²) >= 11 is 0. The summed E-state index contributed by atoms with van der Waals surface area (Å²) in [6.45, 7) is 6.52. The molecule has 0 bridgehead atoms. The van der Waals surface area contributed by atoms with Gasteiger partial charge in [-0.2, -0.15) is 0 Å². The number of piperidine rings is 1. The van der Waals surface area contributed by atoms with Crippen molar-refractivity contribution in [2.24, 2.45) is 10.9 Å². The first kappa shape index (κ1) is 22.5. The molecule has 0 radical (unpaired) electrons. The third-order valence-electron chi connectivity index (χ3n) is 5.10. The molecule has 7 heteroatoms. The number of hydrogen-bond acceptors (Lipinski definition) is 4. The van der Waals surface area contributed by atoms with Gasteiger partial charge in [-0.05, 0) is 37.5 Å². The van der Waals surface area contributed by atoms with Crippen molar-refractivity contribution >= 4 is 41.6 Å². The zero-order chi connectivity index (χ0) is 19.1. The van der Waals surface area contributed by atoms with Gasteiger partial charge in [0, 0.05) is 45.5 Å². The van der Waals surface area contributed by atoms with Crippen LogP contribution in [-0.2, 0) is 16.1 Å². The van der Waals surface area contributed by atoms with Crippen LogP contribution in [0, 0.1) is 5.92 Å². The Morgan fingerprint density at radius 1 is 1.32 bits per heavy atom. The number of ether oxygens (including phenoxy) is 1. The van der Waals surface area contributed by atoms with Crippen LogP contribution in [0.5, 0.6) is 0 Å². The van der Waals surface area contributed by atoms with E-state index in [4.69, 9.17) is 4.74 Å². The molecule has 1 N–H and O–H groups in total. The molecule has 1 saturated heterocycles. The Hall–Kier alpha value is -1.77. The zero-order valence-corrected chi connectivity index (χ0v) is 19.1. The van der Waals surface area contributed by atoms with Crippen molar-refractivity contribution in [1.82, 2.24) is 10.2 Å². The molecule has 1 aromatic rings. The minimum absolute atomic E-state index is 0. The van der Waals surface area contributed by atoms with Gasteiger partial charge in [-0.25, -0.2) is 0 Å². The highest BCUT2D eigenvalue weighted by Gasteiger charge is 2.28. The Labute approximate surface area is 185 Å². The average molecular weight is 498 g/mol. The van der Waals surface area contributed by atoms with Crippen LogP contribution in [0.25, 0.3) is 0 Å². The molecule has 28 heavy (non-hydrogen) atoms. The summed E-state index contributed by atoms with van der Waals surface area (Å²) in [7, 11) is 1.79. The maximum absolute atomic E-state index is 12.1. The molecule has 2 aliphatic heterocycles. The maximum atomic E-state index is 12.1. The standard InChI is InChI=1S/C21H30N4O2.HI/c1-3-27-20(26)18-9-7-13-25(16-18)21(22-2)23-15-17-8-6-10-19(14-17)24-11-4-5-12-24;/h4-6,8,10,14,18H,3,7,9,11-13,15-16H2,1-2H3,(H,22,23);1H. The lowest BCUT2D eigenvalue weighted by atomic mass is 9.98. The fourth-order valence-corrected chi connectivity index (χ4v) is 3.69. The van der Waals surface area contributed by atoms with E-state index in [1.54, 1.807) is 7.05 Å². The van der Waals surface area contributed by atoms with E-state index in [0.29, 0.717) is 19.7 Å². The van der Waals surface area contributed by atoms with Gasteiger partial charge in [0.05, 0.1) is 12.5 Å². The predicted molar refractivity (Wildman–Crippen MR) is 124 cm³/mol. The molecule has 0 saturated carbocycles. The van der Waals surface area contributed by atoms with Crippen LogP contribution in [0.4, 0.5) is 5.69 Å². The number of carbonyl (C=O) groups is 1. The van der Waals surface area contributed by atoms with Gasteiger partial charge >= 0.3 is 5.97 Å². The van der Waals surface area contributed by atoms with Gasteiger partial charge in [0.15, 0.2) is 5.96 Å². The van der Waals surface area contributed by atoms with Crippen molar-refractivity contribution in [3.05, 3.63) is 42.0 Å². The first-order chi connectivity index (χ1) is 13.2. The summed E-state index contributed by atoms with van der Waals surface area (Å²) in [5.74, 6) is 0.685. The number of esters is 1. The van der Waals surface area contributed by atoms with E-state index in [1.165, 1.54) is 11.3 Å². The van der Waals surface area contributed by atoms with Gasteiger partial charge in [0.2, 0.25) is 0 Å². The number of likely N-dealkylation sites (tertiary alicyclic amines) is 1. The molecule has 1 aromatic carbocycles. The first-order valence-electron chi connectivity index (χ1n) is 9.82. The van der Waals surface area contributed by atoms with Crippen molar-refractivity contribution in [3.63, 3.8) is 0 Å². The normalized spacial score (nSPS) is 19.4. The molecule has 0 aromatic heterocycles. The molecule has 3 rings (SSSR count). The van der Waals surface area contributed by atoms with Crippen LogP contribution in [-0.4, -0.2) is 56.7 Å². The summed E-state index contributed by atoms with van der Waals surface area (Å²) in [6.07, 6.45) is 6.26. The van der Waals surface area contributed by atoms with Crippen molar-refractivity contribution in [2.75, 3.05) is 44.7 Å². The van der Waals surface area contributed by atoms with Gasteiger partial charge in [-0.1, -0.05) is 24.3 Å². The minimum atomic E-state index is -0.0930. The molecule has 154 valence electrons. The van der Waals surface area contributed by atoms with Crippen LogP contribution < -0.4 is 10.2 Å². The Morgan fingerprint density at radius 3 is 2.82 bits per heavy atom. The Bertz CT molecular complexity index is 699. The van der Waals surface area contributed by atoms with E-state index in [1.807, 2.05) is 6.92 Å². The van der Waals surface area contributed by atoms with Crippen LogP contribution in [0.3, 0.4) is 0 Å². The van der Waals surface area contributed by atoms with E-state index in [-0.39, 0.29) is 35.9 Å². The average Bonchev–Trinajstić information content (AvgIpc) is 3.24. The summed E-state index contributed by atoms with van der Waals surface area (Å²) in [5.41, 5.74) is 2.47. The second kappa shape index (κ2) is 11.3. The SMILES string of the molecule is CCOC(=O)C1CCCN(C(=NC)NCc2cccc(N3CC=CC3)c2)C1.I. The highest BCUT2D eigenvalue weighted by atomic mass is 127. The Morgan fingerprint density at radius 2 is 2.11 bits per heavy atom. The number of aliphatic imine (C=N–C) groups is 1. The highest BCUT2D eigenvalue weighted by molar-refractivity contribution is 14.0.